The molecule has 0 nitrogen and oxygen atoms in total. The lowest BCUT2D eigenvalue weighted by atomic mass is 9.66. The largest absolute Gasteiger partial charge is 0.155 e. The SMILES string of the molecule is CBc1ccc(BC)c2ccccc12. The number of rotatable bonds is 2. The predicted octanol–water partition coefficient (Wildman–Crippen LogP) is 1.06. The van der Waals surface area contributed by atoms with Crippen LogP contribution < -0.4 is 10.9 Å². The van der Waals surface area contributed by atoms with Crippen molar-refractivity contribution in [2.45, 2.75) is 13.6 Å². The van der Waals surface area contributed by atoms with Gasteiger partial charge in [-0.05, 0) is 10.8 Å². The third-order valence-corrected chi connectivity index (χ3v) is 2.87. The maximum atomic E-state index is 2.27. The molecule has 0 atom stereocenters. The highest BCUT2D eigenvalue weighted by atomic mass is 14.0. The summed E-state index contributed by atoms with van der Waals surface area (Å²) < 4.78 is 0. The van der Waals surface area contributed by atoms with Crippen LogP contribution in [0.25, 0.3) is 10.8 Å². The maximum absolute atomic E-state index is 2.27. The van der Waals surface area contributed by atoms with Gasteiger partial charge in [0.2, 0.25) is 0 Å². The Kier molecular flexibility index (Phi) is 2.62. The molecule has 0 aliphatic carbocycles. The van der Waals surface area contributed by atoms with E-state index in [-0.39, 0.29) is 0 Å². The zero-order valence-corrected chi connectivity index (χ0v) is 8.88. The topological polar surface area (TPSA) is 0 Å². The zero-order chi connectivity index (χ0) is 9.97. The highest BCUT2D eigenvalue weighted by Crippen LogP contribution is 2.08. The van der Waals surface area contributed by atoms with E-state index >= 15 is 0 Å². The van der Waals surface area contributed by atoms with E-state index in [1.807, 2.05) is 0 Å². The molecule has 0 spiro atoms. The van der Waals surface area contributed by atoms with E-state index in [9.17, 15) is 0 Å². The maximum Gasteiger partial charge on any atom is 0.155 e. The van der Waals surface area contributed by atoms with Crippen molar-refractivity contribution < 1.29 is 0 Å². The van der Waals surface area contributed by atoms with Crippen molar-refractivity contribution in [2.24, 2.45) is 0 Å². The Balaban J connectivity index is 2.78. The summed E-state index contributed by atoms with van der Waals surface area (Å²) in [6.07, 6.45) is 0. The van der Waals surface area contributed by atoms with Gasteiger partial charge in [0.15, 0.2) is 14.6 Å². The summed E-state index contributed by atoms with van der Waals surface area (Å²) in [5.41, 5.74) is 2.91. The van der Waals surface area contributed by atoms with Gasteiger partial charge in [0, 0.05) is 0 Å². The van der Waals surface area contributed by atoms with Crippen LogP contribution in [-0.2, 0) is 0 Å². The summed E-state index contributed by atoms with van der Waals surface area (Å²) in [5, 5.41) is 2.85. The Morgan fingerprint density at radius 2 is 1.14 bits per heavy atom. The fourth-order valence-corrected chi connectivity index (χ4v) is 2.04. The number of hydrogen-bond acceptors (Lipinski definition) is 0. The Morgan fingerprint density at radius 1 is 0.714 bits per heavy atom. The summed E-state index contributed by atoms with van der Waals surface area (Å²) in [5.74, 6) is 0. The molecule has 0 N–H and O–H groups in total. The molecule has 0 aromatic heterocycles. The monoisotopic (exact) mass is 180 g/mol. The lowest BCUT2D eigenvalue weighted by Gasteiger charge is -2.07. The third-order valence-electron chi connectivity index (χ3n) is 2.87. The van der Waals surface area contributed by atoms with Crippen molar-refractivity contribution in [1.82, 2.24) is 0 Å². The first-order valence-corrected chi connectivity index (χ1v) is 5.36. The molecule has 0 radical (unpaired) electrons. The zero-order valence-electron chi connectivity index (χ0n) is 8.88. The molecule has 0 aliphatic heterocycles. The standard InChI is InChI=1S/C12H14B2/c1-13-11-7-8-12(14-2)10-6-4-3-5-9(10)11/h3-8,13-14H,1-2H3. The molecule has 14 heavy (non-hydrogen) atoms. The van der Waals surface area contributed by atoms with Gasteiger partial charge >= 0.3 is 0 Å². The predicted molar refractivity (Wildman–Crippen MR) is 69.2 cm³/mol. The normalized spacial score (nSPS) is 10.1. The summed E-state index contributed by atoms with van der Waals surface area (Å²) in [7, 11) is 2.23. The second-order valence-corrected chi connectivity index (χ2v) is 3.64. The molecule has 0 fully saturated rings. The smallest absolute Gasteiger partial charge is 0.0849 e. The minimum absolute atomic E-state index is 1.12. The van der Waals surface area contributed by atoms with E-state index < -0.39 is 0 Å². The van der Waals surface area contributed by atoms with Crippen molar-refractivity contribution in [3.8, 4) is 0 Å². The molecule has 0 aliphatic rings. The van der Waals surface area contributed by atoms with Gasteiger partial charge in [-0.15, -0.1) is 0 Å². The van der Waals surface area contributed by atoms with Crippen LogP contribution in [0.5, 0.6) is 0 Å². The van der Waals surface area contributed by atoms with E-state index in [0.29, 0.717) is 0 Å². The van der Waals surface area contributed by atoms with Gasteiger partial charge in [-0.3, -0.25) is 0 Å². The molecule has 68 valence electrons. The van der Waals surface area contributed by atoms with Crippen LogP contribution in [-0.4, -0.2) is 14.6 Å². The lowest BCUT2D eigenvalue weighted by molar-refractivity contribution is 1.80. The fraction of sp³-hybridized carbons (Fsp3) is 0.167. The number of fused-ring (bicyclic) bond motifs is 1. The first-order chi connectivity index (χ1) is 6.86. The quantitative estimate of drug-likeness (QED) is 0.606. The number of benzene rings is 2. The van der Waals surface area contributed by atoms with Crippen molar-refractivity contribution >= 4 is 36.3 Å². The van der Waals surface area contributed by atoms with E-state index in [4.69, 9.17) is 0 Å². The molecular weight excluding hydrogens is 166 g/mol. The van der Waals surface area contributed by atoms with E-state index in [1.165, 1.54) is 21.7 Å². The second kappa shape index (κ2) is 3.91. The van der Waals surface area contributed by atoms with Crippen LogP contribution in [0.4, 0.5) is 0 Å². The summed E-state index contributed by atoms with van der Waals surface area (Å²) >= 11 is 0. The lowest BCUT2D eigenvalue weighted by Crippen LogP contribution is -2.19. The molecule has 2 rings (SSSR count). The molecular formula is C12H14B2. The van der Waals surface area contributed by atoms with Gasteiger partial charge in [-0.2, -0.15) is 0 Å². The van der Waals surface area contributed by atoms with Crippen molar-refractivity contribution in [2.75, 3.05) is 0 Å². The third kappa shape index (κ3) is 1.45. The Hall–Kier alpha value is -1.17. The van der Waals surface area contributed by atoms with E-state index in [1.54, 1.807) is 0 Å². The van der Waals surface area contributed by atoms with Gasteiger partial charge in [0.25, 0.3) is 0 Å². The van der Waals surface area contributed by atoms with Crippen LogP contribution in [0.1, 0.15) is 0 Å². The molecule has 2 aromatic carbocycles. The molecule has 0 saturated heterocycles. The van der Waals surface area contributed by atoms with Crippen LogP contribution in [0, 0.1) is 0 Å². The molecule has 0 bridgehead atoms. The number of hydrogen-bond donors (Lipinski definition) is 0. The highest BCUT2D eigenvalue weighted by molar-refractivity contribution is 6.60. The van der Waals surface area contributed by atoms with E-state index in [0.717, 1.165) is 14.6 Å². The Labute approximate surface area is 86.8 Å². The molecule has 0 heterocycles. The van der Waals surface area contributed by atoms with Crippen LogP contribution in [0.3, 0.4) is 0 Å². The minimum Gasteiger partial charge on any atom is -0.0849 e. The Bertz CT molecular complexity index is 407. The average Bonchev–Trinajstić information content (AvgIpc) is 2.27. The molecule has 2 aromatic rings. The molecule has 2 heteroatoms. The molecule has 0 saturated carbocycles. The Morgan fingerprint density at radius 3 is 1.50 bits per heavy atom. The van der Waals surface area contributed by atoms with Crippen molar-refractivity contribution in [3.63, 3.8) is 0 Å². The van der Waals surface area contributed by atoms with E-state index in [2.05, 4.69) is 50.0 Å². The molecule has 0 unspecified atom stereocenters. The highest BCUT2D eigenvalue weighted by Gasteiger charge is 2.02. The van der Waals surface area contributed by atoms with Gasteiger partial charge in [0.1, 0.15) is 0 Å². The fourth-order valence-electron chi connectivity index (χ4n) is 2.04. The first-order valence-electron chi connectivity index (χ1n) is 5.36. The summed E-state index contributed by atoms with van der Waals surface area (Å²) in [6, 6.07) is 13.2. The summed E-state index contributed by atoms with van der Waals surface area (Å²) in [6.45, 7) is 4.43. The van der Waals surface area contributed by atoms with Gasteiger partial charge in [0.05, 0.1) is 0 Å². The van der Waals surface area contributed by atoms with Crippen LogP contribution in [0.15, 0.2) is 36.4 Å². The van der Waals surface area contributed by atoms with Crippen LogP contribution in [0.2, 0.25) is 13.6 Å². The molecule has 0 amide bonds. The average molecular weight is 180 g/mol. The summed E-state index contributed by atoms with van der Waals surface area (Å²) in [4.78, 5) is 0. The van der Waals surface area contributed by atoms with Crippen LogP contribution >= 0.6 is 0 Å². The minimum atomic E-state index is 1.12. The van der Waals surface area contributed by atoms with Gasteiger partial charge in [-0.1, -0.05) is 61.0 Å². The first kappa shape index (κ1) is 9.39. The van der Waals surface area contributed by atoms with Gasteiger partial charge in [-0.25, -0.2) is 0 Å². The van der Waals surface area contributed by atoms with Gasteiger partial charge < -0.3 is 0 Å². The second-order valence-electron chi connectivity index (χ2n) is 3.64. The van der Waals surface area contributed by atoms with Crippen molar-refractivity contribution in [1.29, 1.82) is 0 Å². The van der Waals surface area contributed by atoms with Crippen molar-refractivity contribution in [3.05, 3.63) is 36.4 Å².